The van der Waals surface area contributed by atoms with Crippen molar-refractivity contribution in [3.8, 4) is 0 Å². The number of hydrogen-bond acceptors (Lipinski definition) is 2. The van der Waals surface area contributed by atoms with Crippen LogP contribution in [0, 0.1) is 6.92 Å². The molecule has 0 atom stereocenters. The maximum atomic E-state index is 12.3. The van der Waals surface area contributed by atoms with E-state index in [0.29, 0.717) is 16.9 Å². The van der Waals surface area contributed by atoms with Crippen LogP contribution < -0.4 is 11.1 Å². The summed E-state index contributed by atoms with van der Waals surface area (Å²) < 4.78 is 2.46. The molecule has 3 nitrogen and oxygen atoms in total. The molecular formula is C14H11Br3N2O. The third-order valence-electron chi connectivity index (χ3n) is 2.68. The first-order chi connectivity index (χ1) is 9.38. The number of amides is 1. The van der Waals surface area contributed by atoms with Crippen molar-refractivity contribution in [3.05, 3.63) is 54.9 Å². The zero-order valence-corrected chi connectivity index (χ0v) is 15.3. The number of benzene rings is 2. The predicted octanol–water partition coefficient (Wildman–Crippen LogP) is 5.12. The van der Waals surface area contributed by atoms with Gasteiger partial charge in [0.05, 0.1) is 11.3 Å². The summed E-state index contributed by atoms with van der Waals surface area (Å²) in [6.07, 6.45) is 0. The summed E-state index contributed by atoms with van der Waals surface area (Å²) in [7, 11) is 0. The third kappa shape index (κ3) is 3.42. The molecule has 6 heteroatoms. The predicted molar refractivity (Wildman–Crippen MR) is 93.1 cm³/mol. The van der Waals surface area contributed by atoms with Gasteiger partial charge in [-0.2, -0.15) is 0 Å². The van der Waals surface area contributed by atoms with Crippen LogP contribution in [0.15, 0.2) is 43.7 Å². The Morgan fingerprint density at radius 1 is 1.10 bits per heavy atom. The minimum atomic E-state index is -0.250. The van der Waals surface area contributed by atoms with Crippen LogP contribution in [0.4, 0.5) is 11.4 Å². The Morgan fingerprint density at radius 2 is 1.70 bits per heavy atom. The molecule has 0 bridgehead atoms. The van der Waals surface area contributed by atoms with Gasteiger partial charge in [0, 0.05) is 19.1 Å². The smallest absolute Gasteiger partial charge is 0.257 e. The number of nitrogens with one attached hydrogen (secondary N) is 1. The lowest BCUT2D eigenvalue weighted by atomic mass is 10.1. The molecule has 0 radical (unpaired) electrons. The minimum Gasteiger partial charge on any atom is -0.398 e. The van der Waals surface area contributed by atoms with Gasteiger partial charge < -0.3 is 11.1 Å². The average molecular weight is 463 g/mol. The lowest BCUT2D eigenvalue weighted by molar-refractivity contribution is 0.102. The lowest BCUT2D eigenvalue weighted by Crippen LogP contribution is -2.14. The van der Waals surface area contributed by atoms with Crippen LogP contribution in [0.25, 0.3) is 0 Å². The molecule has 0 fully saturated rings. The highest BCUT2D eigenvalue weighted by atomic mass is 79.9. The number of carbonyl (C=O) groups excluding carboxylic acids is 1. The van der Waals surface area contributed by atoms with Crippen molar-refractivity contribution in [2.75, 3.05) is 11.1 Å². The summed E-state index contributed by atoms with van der Waals surface area (Å²) in [5, 5.41) is 2.85. The quantitative estimate of drug-likeness (QED) is 0.609. The van der Waals surface area contributed by atoms with E-state index in [4.69, 9.17) is 5.73 Å². The number of aryl methyl sites for hydroxylation is 1. The zero-order chi connectivity index (χ0) is 14.9. The summed E-state index contributed by atoms with van der Waals surface area (Å²) in [5.74, 6) is -0.250. The van der Waals surface area contributed by atoms with Crippen LogP contribution in [-0.4, -0.2) is 5.91 Å². The number of hydrogen-bond donors (Lipinski definition) is 2. The van der Waals surface area contributed by atoms with Gasteiger partial charge in [-0.3, -0.25) is 4.79 Å². The molecule has 0 saturated carbocycles. The second-order valence-electron chi connectivity index (χ2n) is 4.29. The van der Waals surface area contributed by atoms with E-state index < -0.39 is 0 Å². The van der Waals surface area contributed by atoms with Crippen molar-refractivity contribution >= 4 is 65.1 Å². The second-order valence-corrected chi connectivity index (χ2v) is 6.91. The summed E-state index contributed by atoms with van der Waals surface area (Å²) in [6.45, 7) is 1.98. The van der Waals surface area contributed by atoms with Crippen LogP contribution in [0.1, 0.15) is 15.9 Å². The van der Waals surface area contributed by atoms with E-state index in [-0.39, 0.29) is 5.91 Å². The molecule has 0 unspecified atom stereocenters. The van der Waals surface area contributed by atoms with Crippen LogP contribution in [0.3, 0.4) is 0 Å². The monoisotopic (exact) mass is 460 g/mol. The van der Waals surface area contributed by atoms with Crippen LogP contribution in [0.5, 0.6) is 0 Å². The fourth-order valence-corrected chi connectivity index (χ4v) is 3.73. The molecule has 0 aliphatic heterocycles. The zero-order valence-electron chi connectivity index (χ0n) is 10.5. The average Bonchev–Trinajstić information content (AvgIpc) is 2.33. The Labute approximate surface area is 142 Å². The first-order valence-corrected chi connectivity index (χ1v) is 8.08. The van der Waals surface area contributed by atoms with Crippen LogP contribution in [-0.2, 0) is 0 Å². The molecule has 0 aliphatic rings. The number of nitrogens with two attached hydrogens (primary N) is 1. The van der Waals surface area contributed by atoms with Gasteiger partial charge in [-0.25, -0.2) is 0 Å². The van der Waals surface area contributed by atoms with Crippen molar-refractivity contribution in [1.82, 2.24) is 0 Å². The van der Waals surface area contributed by atoms with E-state index in [1.54, 1.807) is 18.2 Å². The molecule has 2 aromatic carbocycles. The van der Waals surface area contributed by atoms with E-state index in [1.165, 1.54) is 0 Å². The van der Waals surface area contributed by atoms with Crippen molar-refractivity contribution in [3.63, 3.8) is 0 Å². The molecule has 0 saturated heterocycles. The van der Waals surface area contributed by atoms with Gasteiger partial charge >= 0.3 is 0 Å². The van der Waals surface area contributed by atoms with Gasteiger partial charge in [0.1, 0.15) is 0 Å². The van der Waals surface area contributed by atoms with E-state index >= 15 is 0 Å². The Morgan fingerprint density at radius 3 is 2.25 bits per heavy atom. The summed E-state index contributed by atoms with van der Waals surface area (Å²) in [5.41, 5.74) is 8.50. The fourth-order valence-electron chi connectivity index (χ4n) is 1.74. The summed E-state index contributed by atoms with van der Waals surface area (Å²) in [4.78, 5) is 12.3. The Bertz CT molecular complexity index is 663. The lowest BCUT2D eigenvalue weighted by Gasteiger charge is -2.12. The van der Waals surface area contributed by atoms with E-state index in [9.17, 15) is 4.79 Å². The number of halogens is 3. The van der Waals surface area contributed by atoms with Crippen LogP contribution in [0.2, 0.25) is 0 Å². The van der Waals surface area contributed by atoms with E-state index in [1.807, 2.05) is 19.1 Å². The molecule has 3 N–H and O–H groups in total. The molecule has 0 aliphatic carbocycles. The van der Waals surface area contributed by atoms with Crippen molar-refractivity contribution in [2.45, 2.75) is 6.92 Å². The molecule has 20 heavy (non-hydrogen) atoms. The largest absolute Gasteiger partial charge is 0.398 e. The van der Waals surface area contributed by atoms with Crippen molar-refractivity contribution in [1.29, 1.82) is 0 Å². The van der Waals surface area contributed by atoms with E-state index in [2.05, 4.69) is 53.1 Å². The third-order valence-corrected chi connectivity index (χ3v) is 4.43. The summed E-state index contributed by atoms with van der Waals surface area (Å²) >= 11 is 10.2. The van der Waals surface area contributed by atoms with Gasteiger partial charge in [-0.05, 0) is 74.7 Å². The molecule has 0 heterocycles. The molecule has 0 aromatic heterocycles. The number of rotatable bonds is 2. The number of carbonyl (C=O) groups is 1. The van der Waals surface area contributed by atoms with Gasteiger partial charge in [0.25, 0.3) is 5.91 Å². The molecule has 0 spiro atoms. The van der Waals surface area contributed by atoms with Crippen LogP contribution >= 0.6 is 47.8 Å². The standard InChI is InChI=1S/C14H11Br3N2O/c1-7-4-10(16)13(11(17)5-7)19-14(20)9-3-2-8(15)6-12(9)18/h2-6H,18H2,1H3,(H,19,20). The Kier molecular flexibility index (Phi) is 4.88. The molecule has 2 aromatic rings. The van der Waals surface area contributed by atoms with Gasteiger partial charge in [-0.1, -0.05) is 15.9 Å². The SMILES string of the molecule is Cc1cc(Br)c(NC(=O)c2ccc(Br)cc2N)c(Br)c1. The van der Waals surface area contributed by atoms with Gasteiger partial charge in [-0.15, -0.1) is 0 Å². The molecule has 2 rings (SSSR count). The highest BCUT2D eigenvalue weighted by Crippen LogP contribution is 2.33. The van der Waals surface area contributed by atoms with Crippen molar-refractivity contribution in [2.24, 2.45) is 0 Å². The highest BCUT2D eigenvalue weighted by Gasteiger charge is 2.14. The number of anilines is 2. The second kappa shape index (κ2) is 6.28. The first-order valence-electron chi connectivity index (χ1n) is 5.70. The Hall–Kier alpha value is -0.850. The first kappa shape index (κ1) is 15.5. The summed E-state index contributed by atoms with van der Waals surface area (Å²) in [6, 6.07) is 9.04. The minimum absolute atomic E-state index is 0.250. The molecular weight excluding hydrogens is 452 g/mol. The maximum absolute atomic E-state index is 12.3. The fraction of sp³-hybridized carbons (Fsp3) is 0.0714. The highest BCUT2D eigenvalue weighted by molar-refractivity contribution is 9.11. The van der Waals surface area contributed by atoms with Gasteiger partial charge in [0.15, 0.2) is 0 Å². The van der Waals surface area contributed by atoms with Crippen molar-refractivity contribution < 1.29 is 4.79 Å². The normalized spacial score (nSPS) is 10.4. The topological polar surface area (TPSA) is 55.1 Å². The number of nitrogen functional groups attached to an aromatic ring is 1. The maximum Gasteiger partial charge on any atom is 0.257 e. The molecule has 104 valence electrons. The van der Waals surface area contributed by atoms with Gasteiger partial charge in [0.2, 0.25) is 0 Å². The Balaban J connectivity index is 2.33. The van der Waals surface area contributed by atoms with E-state index in [0.717, 1.165) is 19.0 Å². The molecule has 1 amide bonds.